The van der Waals surface area contributed by atoms with Crippen LogP contribution in [0, 0.1) is 12.8 Å². The standard InChI is InChI=1S/C11H13BrN2OS/c1-7-10(12)3-9(4-13-7)14-5-8(6-16)2-11(14)15/h3-4,8,16H,2,5-6H2,1H3. The molecule has 1 unspecified atom stereocenters. The monoisotopic (exact) mass is 300 g/mol. The first-order valence-electron chi connectivity index (χ1n) is 5.15. The number of aromatic nitrogens is 1. The zero-order chi connectivity index (χ0) is 11.7. The van der Waals surface area contributed by atoms with Gasteiger partial charge in [-0.3, -0.25) is 9.78 Å². The van der Waals surface area contributed by atoms with Crippen LogP contribution in [0.5, 0.6) is 0 Å². The van der Waals surface area contributed by atoms with Crippen molar-refractivity contribution in [2.45, 2.75) is 13.3 Å². The van der Waals surface area contributed by atoms with Crippen LogP contribution in [0.15, 0.2) is 16.7 Å². The van der Waals surface area contributed by atoms with Gasteiger partial charge in [-0.25, -0.2) is 0 Å². The molecule has 0 aromatic carbocycles. The van der Waals surface area contributed by atoms with Gasteiger partial charge in [0.05, 0.1) is 17.6 Å². The second-order valence-electron chi connectivity index (χ2n) is 4.02. The Hall–Kier alpha value is -0.550. The van der Waals surface area contributed by atoms with E-state index in [-0.39, 0.29) is 5.91 Å². The molecule has 3 nitrogen and oxygen atoms in total. The second-order valence-corrected chi connectivity index (χ2v) is 5.24. The number of carbonyl (C=O) groups is 1. The fraction of sp³-hybridized carbons (Fsp3) is 0.455. The van der Waals surface area contributed by atoms with Crippen molar-refractivity contribution in [2.75, 3.05) is 17.2 Å². The van der Waals surface area contributed by atoms with Gasteiger partial charge in [-0.1, -0.05) is 0 Å². The maximum Gasteiger partial charge on any atom is 0.227 e. The van der Waals surface area contributed by atoms with Crippen LogP contribution in [0.3, 0.4) is 0 Å². The van der Waals surface area contributed by atoms with Gasteiger partial charge < -0.3 is 4.90 Å². The van der Waals surface area contributed by atoms with Crippen molar-refractivity contribution in [3.63, 3.8) is 0 Å². The third-order valence-electron chi connectivity index (χ3n) is 2.79. The molecule has 2 heterocycles. The van der Waals surface area contributed by atoms with E-state index in [1.54, 1.807) is 11.1 Å². The van der Waals surface area contributed by atoms with Gasteiger partial charge in [-0.15, -0.1) is 0 Å². The van der Waals surface area contributed by atoms with Crippen LogP contribution in [0.1, 0.15) is 12.1 Å². The number of rotatable bonds is 2. The number of thiol groups is 1. The van der Waals surface area contributed by atoms with E-state index in [0.717, 1.165) is 28.2 Å². The first kappa shape index (κ1) is 11.9. The van der Waals surface area contributed by atoms with Gasteiger partial charge in [0.2, 0.25) is 5.91 Å². The molecule has 2 rings (SSSR count). The summed E-state index contributed by atoms with van der Waals surface area (Å²) in [7, 11) is 0. The lowest BCUT2D eigenvalue weighted by atomic mass is 10.1. The number of hydrogen-bond donors (Lipinski definition) is 1. The fourth-order valence-electron chi connectivity index (χ4n) is 1.80. The Bertz CT molecular complexity index is 424. The van der Waals surface area contributed by atoms with Crippen LogP contribution in [-0.4, -0.2) is 23.2 Å². The van der Waals surface area contributed by atoms with Gasteiger partial charge in [0, 0.05) is 17.4 Å². The SMILES string of the molecule is Cc1ncc(N2CC(CS)CC2=O)cc1Br. The summed E-state index contributed by atoms with van der Waals surface area (Å²) in [6.45, 7) is 2.68. The van der Waals surface area contributed by atoms with Crippen molar-refractivity contribution in [3.05, 3.63) is 22.4 Å². The van der Waals surface area contributed by atoms with Crippen LogP contribution in [0.2, 0.25) is 0 Å². The minimum absolute atomic E-state index is 0.164. The molecule has 86 valence electrons. The van der Waals surface area contributed by atoms with E-state index in [4.69, 9.17) is 0 Å². The lowest BCUT2D eigenvalue weighted by Crippen LogP contribution is -2.24. The molecule has 16 heavy (non-hydrogen) atoms. The van der Waals surface area contributed by atoms with Gasteiger partial charge in [-0.2, -0.15) is 12.6 Å². The summed E-state index contributed by atoms with van der Waals surface area (Å²) in [6, 6.07) is 1.95. The fourth-order valence-corrected chi connectivity index (χ4v) is 2.38. The molecular weight excluding hydrogens is 288 g/mol. The Morgan fingerprint density at radius 3 is 3.00 bits per heavy atom. The summed E-state index contributed by atoms with van der Waals surface area (Å²) in [5.74, 6) is 1.27. The molecule has 5 heteroatoms. The van der Waals surface area contributed by atoms with Gasteiger partial charge in [0.1, 0.15) is 0 Å². The quantitative estimate of drug-likeness (QED) is 0.851. The highest BCUT2D eigenvalue weighted by atomic mass is 79.9. The molecule has 0 radical (unpaired) electrons. The molecule has 0 aliphatic carbocycles. The highest BCUT2D eigenvalue weighted by molar-refractivity contribution is 9.10. The first-order chi connectivity index (χ1) is 7.61. The van der Waals surface area contributed by atoms with E-state index < -0.39 is 0 Å². The Kier molecular flexibility index (Phi) is 3.54. The average Bonchev–Trinajstić information content (AvgIpc) is 2.64. The lowest BCUT2D eigenvalue weighted by molar-refractivity contribution is -0.117. The third kappa shape index (κ3) is 2.25. The molecule has 1 amide bonds. The second kappa shape index (κ2) is 4.75. The van der Waals surface area contributed by atoms with E-state index in [1.807, 2.05) is 13.0 Å². The van der Waals surface area contributed by atoms with Crippen LogP contribution in [0.4, 0.5) is 5.69 Å². The summed E-state index contributed by atoms with van der Waals surface area (Å²) in [5.41, 5.74) is 1.80. The van der Waals surface area contributed by atoms with E-state index in [0.29, 0.717) is 12.3 Å². The van der Waals surface area contributed by atoms with Crippen LogP contribution < -0.4 is 4.90 Å². The minimum atomic E-state index is 0.164. The van der Waals surface area contributed by atoms with Crippen molar-refractivity contribution in [1.82, 2.24) is 4.98 Å². The maximum absolute atomic E-state index is 11.8. The molecule has 0 N–H and O–H groups in total. The van der Waals surface area contributed by atoms with E-state index in [1.165, 1.54) is 0 Å². The molecule has 1 aromatic heterocycles. The predicted molar refractivity (Wildman–Crippen MR) is 71.0 cm³/mol. The number of hydrogen-bond acceptors (Lipinski definition) is 3. The Morgan fingerprint density at radius 2 is 2.44 bits per heavy atom. The van der Waals surface area contributed by atoms with E-state index in [9.17, 15) is 4.79 Å². The van der Waals surface area contributed by atoms with E-state index in [2.05, 4.69) is 33.5 Å². The van der Waals surface area contributed by atoms with Crippen LogP contribution in [0.25, 0.3) is 0 Å². The van der Waals surface area contributed by atoms with Crippen molar-refractivity contribution in [3.8, 4) is 0 Å². The van der Waals surface area contributed by atoms with Gasteiger partial charge in [0.15, 0.2) is 0 Å². The zero-order valence-corrected chi connectivity index (χ0v) is 11.5. The summed E-state index contributed by atoms with van der Waals surface area (Å²) in [6.07, 6.45) is 2.34. The molecule has 0 saturated carbocycles. The largest absolute Gasteiger partial charge is 0.311 e. The average molecular weight is 301 g/mol. The normalized spacial score (nSPS) is 20.6. The molecule has 1 aliphatic heterocycles. The number of carbonyl (C=O) groups excluding carboxylic acids is 1. The first-order valence-corrected chi connectivity index (χ1v) is 6.57. The Labute approximate surface area is 109 Å². The Balaban J connectivity index is 2.24. The van der Waals surface area contributed by atoms with E-state index >= 15 is 0 Å². The number of anilines is 1. The predicted octanol–water partition coefficient (Wildman–Crippen LogP) is 2.44. The minimum Gasteiger partial charge on any atom is -0.311 e. The zero-order valence-electron chi connectivity index (χ0n) is 8.98. The van der Waals surface area contributed by atoms with Gasteiger partial charge >= 0.3 is 0 Å². The van der Waals surface area contributed by atoms with Crippen molar-refractivity contribution >= 4 is 40.2 Å². The van der Waals surface area contributed by atoms with Crippen molar-refractivity contribution in [1.29, 1.82) is 0 Å². The number of nitrogens with zero attached hydrogens (tertiary/aromatic N) is 2. The summed E-state index contributed by atoms with van der Waals surface area (Å²) in [4.78, 5) is 17.8. The lowest BCUT2D eigenvalue weighted by Gasteiger charge is -2.16. The van der Waals surface area contributed by atoms with Crippen molar-refractivity contribution < 1.29 is 4.79 Å². The smallest absolute Gasteiger partial charge is 0.227 e. The van der Waals surface area contributed by atoms with Crippen LogP contribution >= 0.6 is 28.6 Å². The van der Waals surface area contributed by atoms with Crippen molar-refractivity contribution in [2.24, 2.45) is 5.92 Å². The molecule has 1 saturated heterocycles. The topological polar surface area (TPSA) is 33.2 Å². The number of pyridine rings is 1. The molecule has 1 aromatic rings. The number of amides is 1. The summed E-state index contributed by atoms with van der Waals surface area (Å²) < 4.78 is 0.937. The van der Waals surface area contributed by atoms with Gasteiger partial charge in [0.25, 0.3) is 0 Å². The molecule has 1 aliphatic rings. The number of aryl methyl sites for hydroxylation is 1. The molecule has 1 fully saturated rings. The maximum atomic E-state index is 11.8. The third-order valence-corrected chi connectivity index (χ3v) is 4.10. The highest BCUT2D eigenvalue weighted by Gasteiger charge is 2.29. The molecule has 0 bridgehead atoms. The Morgan fingerprint density at radius 1 is 1.69 bits per heavy atom. The molecule has 0 spiro atoms. The van der Waals surface area contributed by atoms with Gasteiger partial charge in [-0.05, 0) is 40.6 Å². The van der Waals surface area contributed by atoms with Crippen LogP contribution in [-0.2, 0) is 4.79 Å². The molecular formula is C11H13BrN2OS. The summed E-state index contributed by atoms with van der Waals surface area (Å²) >= 11 is 7.67. The number of halogens is 1. The highest BCUT2D eigenvalue weighted by Crippen LogP contribution is 2.27. The summed E-state index contributed by atoms with van der Waals surface area (Å²) in [5, 5.41) is 0. The molecule has 1 atom stereocenters.